The van der Waals surface area contributed by atoms with Crippen molar-refractivity contribution in [2.24, 2.45) is 11.7 Å². The number of hydrogen-bond acceptors (Lipinski definition) is 1. The Bertz CT molecular complexity index is 569. The summed E-state index contributed by atoms with van der Waals surface area (Å²) in [5.74, 6) is 0.0717. The minimum absolute atomic E-state index is 0.164. The summed E-state index contributed by atoms with van der Waals surface area (Å²) in [5, 5.41) is 0. The molecule has 0 fully saturated rings. The van der Waals surface area contributed by atoms with Crippen molar-refractivity contribution >= 4 is 31.9 Å². The molecule has 106 valence electrons. The van der Waals surface area contributed by atoms with Gasteiger partial charge in [-0.2, -0.15) is 0 Å². The second-order valence-electron chi connectivity index (χ2n) is 4.87. The van der Waals surface area contributed by atoms with Crippen molar-refractivity contribution in [1.29, 1.82) is 0 Å². The van der Waals surface area contributed by atoms with Gasteiger partial charge < -0.3 is 5.73 Å². The summed E-state index contributed by atoms with van der Waals surface area (Å²) < 4.78 is 15.7. The Morgan fingerprint density at radius 2 is 1.60 bits per heavy atom. The Hall–Kier alpha value is -0.710. The van der Waals surface area contributed by atoms with Gasteiger partial charge in [0, 0.05) is 8.95 Å². The summed E-state index contributed by atoms with van der Waals surface area (Å²) in [7, 11) is 0. The Labute approximate surface area is 135 Å². The molecule has 2 aromatic rings. The zero-order valence-electron chi connectivity index (χ0n) is 11.0. The molecule has 0 radical (unpaired) electrons. The van der Waals surface area contributed by atoms with E-state index in [2.05, 4.69) is 44.0 Å². The lowest BCUT2D eigenvalue weighted by atomic mass is 9.92. The SMILES string of the molecule is NCC(Cc1ccc(Br)cc1)Cc1cc(Br)ccc1F. The van der Waals surface area contributed by atoms with Crippen LogP contribution in [0, 0.1) is 11.7 Å². The van der Waals surface area contributed by atoms with Gasteiger partial charge in [-0.3, -0.25) is 0 Å². The van der Waals surface area contributed by atoms with E-state index in [0.29, 0.717) is 18.5 Å². The van der Waals surface area contributed by atoms with Gasteiger partial charge in [0.15, 0.2) is 0 Å². The van der Waals surface area contributed by atoms with Crippen molar-refractivity contribution in [3.8, 4) is 0 Å². The monoisotopic (exact) mass is 399 g/mol. The lowest BCUT2D eigenvalue weighted by Crippen LogP contribution is -2.20. The molecular formula is C16H16Br2FN. The minimum Gasteiger partial charge on any atom is -0.330 e. The van der Waals surface area contributed by atoms with Gasteiger partial charge in [0.05, 0.1) is 0 Å². The van der Waals surface area contributed by atoms with Crippen LogP contribution in [0.15, 0.2) is 51.4 Å². The summed E-state index contributed by atoms with van der Waals surface area (Å²) in [5.41, 5.74) is 7.78. The molecule has 0 aliphatic rings. The Morgan fingerprint density at radius 1 is 0.950 bits per heavy atom. The molecule has 2 rings (SSSR count). The fourth-order valence-electron chi connectivity index (χ4n) is 2.20. The third-order valence-electron chi connectivity index (χ3n) is 3.29. The largest absolute Gasteiger partial charge is 0.330 e. The molecule has 1 unspecified atom stereocenters. The predicted octanol–water partition coefficient (Wildman–Crippen LogP) is 4.71. The van der Waals surface area contributed by atoms with E-state index in [1.807, 2.05) is 18.2 Å². The van der Waals surface area contributed by atoms with Crippen LogP contribution in [0.5, 0.6) is 0 Å². The van der Waals surface area contributed by atoms with Crippen molar-refractivity contribution < 1.29 is 4.39 Å². The average Bonchev–Trinajstić information content (AvgIpc) is 2.44. The van der Waals surface area contributed by atoms with Gasteiger partial charge in [0.25, 0.3) is 0 Å². The molecule has 0 heterocycles. The van der Waals surface area contributed by atoms with E-state index in [0.717, 1.165) is 15.4 Å². The number of benzene rings is 2. The zero-order valence-corrected chi connectivity index (χ0v) is 14.1. The maximum Gasteiger partial charge on any atom is 0.126 e. The van der Waals surface area contributed by atoms with Crippen LogP contribution in [0.4, 0.5) is 4.39 Å². The molecule has 20 heavy (non-hydrogen) atoms. The zero-order chi connectivity index (χ0) is 14.5. The quantitative estimate of drug-likeness (QED) is 0.772. The maximum absolute atomic E-state index is 13.8. The molecule has 0 amide bonds. The van der Waals surface area contributed by atoms with Gasteiger partial charge in [0.2, 0.25) is 0 Å². The van der Waals surface area contributed by atoms with Gasteiger partial charge in [-0.1, -0.05) is 44.0 Å². The van der Waals surface area contributed by atoms with Crippen LogP contribution in [0.1, 0.15) is 11.1 Å². The first-order valence-corrected chi connectivity index (χ1v) is 8.05. The molecule has 0 saturated carbocycles. The van der Waals surface area contributed by atoms with Gasteiger partial charge in [-0.15, -0.1) is 0 Å². The minimum atomic E-state index is -0.164. The lowest BCUT2D eigenvalue weighted by Gasteiger charge is -2.15. The summed E-state index contributed by atoms with van der Waals surface area (Å²) >= 11 is 6.80. The Balaban J connectivity index is 2.08. The first kappa shape index (κ1) is 15.7. The first-order chi connectivity index (χ1) is 9.58. The van der Waals surface area contributed by atoms with Crippen molar-refractivity contribution in [3.63, 3.8) is 0 Å². The summed E-state index contributed by atoms with van der Waals surface area (Å²) in [6.45, 7) is 0.544. The number of hydrogen-bond donors (Lipinski definition) is 1. The van der Waals surface area contributed by atoms with Crippen LogP contribution in [0.3, 0.4) is 0 Å². The molecular weight excluding hydrogens is 385 g/mol. The molecule has 2 aromatic carbocycles. The molecule has 1 nitrogen and oxygen atoms in total. The first-order valence-electron chi connectivity index (χ1n) is 6.47. The van der Waals surface area contributed by atoms with E-state index < -0.39 is 0 Å². The molecule has 0 bridgehead atoms. The number of rotatable bonds is 5. The molecule has 1 atom stereocenters. The second kappa shape index (κ2) is 7.34. The molecule has 2 N–H and O–H groups in total. The van der Waals surface area contributed by atoms with E-state index >= 15 is 0 Å². The fraction of sp³-hybridized carbons (Fsp3) is 0.250. The van der Waals surface area contributed by atoms with Crippen molar-refractivity contribution in [3.05, 3.63) is 68.4 Å². The van der Waals surface area contributed by atoms with Crippen LogP contribution >= 0.6 is 31.9 Å². The molecule has 0 aliphatic carbocycles. The van der Waals surface area contributed by atoms with Crippen LogP contribution in [0.2, 0.25) is 0 Å². The molecule has 0 aromatic heterocycles. The highest BCUT2D eigenvalue weighted by atomic mass is 79.9. The summed E-state index contributed by atoms with van der Waals surface area (Å²) in [4.78, 5) is 0. The second-order valence-corrected chi connectivity index (χ2v) is 6.70. The fourth-order valence-corrected chi connectivity index (χ4v) is 2.88. The highest BCUT2D eigenvalue weighted by molar-refractivity contribution is 9.10. The van der Waals surface area contributed by atoms with Gasteiger partial charge in [-0.05, 0) is 66.8 Å². The number of nitrogens with two attached hydrogens (primary N) is 1. The van der Waals surface area contributed by atoms with Gasteiger partial charge in [0.1, 0.15) is 5.82 Å². The van der Waals surface area contributed by atoms with Gasteiger partial charge >= 0.3 is 0 Å². The van der Waals surface area contributed by atoms with E-state index in [1.54, 1.807) is 6.07 Å². The third-order valence-corrected chi connectivity index (χ3v) is 4.31. The topological polar surface area (TPSA) is 26.0 Å². The van der Waals surface area contributed by atoms with E-state index in [9.17, 15) is 4.39 Å². The highest BCUT2D eigenvalue weighted by Crippen LogP contribution is 2.21. The van der Waals surface area contributed by atoms with Crippen LogP contribution < -0.4 is 5.73 Å². The van der Waals surface area contributed by atoms with E-state index in [-0.39, 0.29) is 11.7 Å². The lowest BCUT2D eigenvalue weighted by molar-refractivity contribution is 0.511. The van der Waals surface area contributed by atoms with Gasteiger partial charge in [-0.25, -0.2) is 4.39 Å². The molecule has 0 spiro atoms. The average molecular weight is 401 g/mol. The Morgan fingerprint density at radius 3 is 2.25 bits per heavy atom. The molecule has 0 saturated heterocycles. The summed E-state index contributed by atoms with van der Waals surface area (Å²) in [6, 6.07) is 13.2. The van der Waals surface area contributed by atoms with Crippen LogP contribution in [-0.4, -0.2) is 6.54 Å². The normalized spacial score (nSPS) is 12.4. The van der Waals surface area contributed by atoms with Crippen molar-refractivity contribution in [1.82, 2.24) is 0 Å². The van der Waals surface area contributed by atoms with Crippen molar-refractivity contribution in [2.75, 3.05) is 6.54 Å². The van der Waals surface area contributed by atoms with Crippen molar-refractivity contribution in [2.45, 2.75) is 12.8 Å². The Kier molecular flexibility index (Phi) is 5.75. The summed E-state index contributed by atoms with van der Waals surface area (Å²) in [6.07, 6.45) is 1.51. The van der Waals surface area contributed by atoms with E-state index in [4.69, 9.17) is 5.73 Å². The standard InChI is InChI=1S/C16H16Br2FN/c17-14-3-1-11(2-4-14)7-12(10-20)8-13-9-15(18)5-6-16(13)19/h1-6,9,12H,7-8,10,20H2. The maximum atomic E-state index is 13.8. The smallest absolute Gasteiger partial charge is 0.126 e. The highest BCUT2D eigenvalue weighted by Gasteiger charge is 2.12. The third kappa shape index (κ3) is 4.40. The predicted molar refractivity (Wildman–Crippen MR) is 88.2 cm³/mol. The van der Waals surface area contributed by atoms with Crippen LogP contribution in [-0.2, 0) is 12.8 Å². The molecule has 0 aliphatic heterocycles. The van der Waals surface area contributed by atoms with Crippen LogP contribution in [0.25, 0.3) is 0 Å². The molecule has 4 heteroatoms. The van der Waals surface area contributed by atoms with E-state index in [1.165, 1.54) is 11.6 Å². The number of halogens is 3.